The van der Waals surface area contributed by atoms with Crippen molar-refractivity contribution in [2.24, 2.45) is 0 Å². The smallest absolute Gasteiger partial charge is 0.354 e. The molecule has 20 heavy (non-hydrogen) atoms. The van der Waals surface area contributed by atoms with Gasteiger partial charge < -0.3 is 10.0 Å². The van der Waals surface area contributed by atoms with E-state index >= 15 is 0 Å². The van der Waals surface area contributed by atoms with Crippen molar-refractivity contribution in [1.82, 2.24) is 9.88 Å². The minimum absolute atomic E-state index is 0.00755. The number of hydrogen-bond donors (Lipinski definition) is 1. The fourth-order valence-corrected chi connectivity index (χ4v) is 1.75. The third-order valence-corrected chi connectivity index (χ3v) is 2.85. The summed E-state index contributed by atoms with van der Waals surface area (Å²) in [5, 5.41) is 8.79. The standard InChI is InChI=1S/C15H14N2O3/c1-17(2)14(18)11-5-3-10(4-6-11)12-7-8-13(15(19)20)16-9-12/h3-9H,1-2H3,(H,19,20). The van der Waals surface area contributed by atoms with E-state index in [2.05, 4.69) is 4.98 Å². The molecule has 0 unspecified atom stereocenters. The number of pyridine rings is 1. The van der Waals surface area contributed by atoms with Crippen molar-refractivity contribution in [1.29, 1.82) is 0 Å². The van der Waals surface area contributed by atoms with Gasteiger partial charge in [0.1, 0.15) is 5.69 Å². The molecule has 2 rings (SSSR count). The first-order valence-corrected chi connectivity index (χ1v) is 6.00. The van der Waals surface area contributed by atoms with Gasteiger partial charge in [0.2, 0.25) is 0 Å². The largest absolute Gasteiger partial charge is 0.477 e. The molecule has 0 radical (unpaired) electrons. The Bertz CT molecular complexity index is 631. The van der Waals surface area contributed by atoms with Gasteiger partial charge in [-0.05, 0) is 23.8 Å². The first-order chi connectivity index (χ1) is 9.49. The zero-order valence-electron chi connectivity index (χ0n) is 11.2. The molecule has 5 heteroatoms. The van der Waals surface area contributed by atoms with Crippen LogP contribution in [0.25, 0.3) is 11.1 Å². The second kappa shape index (κ2) is 5.52. The molecule has 102 valence electrons. The Morgan fingerprint density at radius 1 is 1.00 bits per heavy atom. The summed E-state index contributed by atoms with van der Waals surface area (Å²) in [7, 11) is 3.40. The lowest BCUT2D eigenvalue weighted by molar-refractivity contribution is 0.0690. The normalized spacial score (nSPS) is 10.1. The van der Waals surface area contributed by atoms with Crippen LogP contribution in [0.15, 0.2) is 42.6 Å². The minimum Gasteiger partial charge on any atom is -0.477 e. The minimum atomic E-state index is -1.05. The van der Waals surface area contributed by atoms with Crippen molar-refractivity contribution >= 4 is 11.9 Å². The maximum Gasteiger partial charge on any atom is 0.354 e. The van der Waals surface area contributed by atoms with Crippen LogP contribution in [0.5, 0.6) is 0 Å². The number of carboxylic acids is 1. The van der Waals surface area contributed by atoms with Crippen LogP contribution in [-0.2, 0) is 0 Å². The number of nitrogens with zero attached hydrogens (tertiary/aromatic N) is 2. The fraction of sp³-hybridized carbons (Fsp3) is 0.133. The fourth-order valence-electron chi connectivity index (χ4n) is 1.75. The Morgan fingerprint density at radius 3 is 2.05 bits per heavy atom. The number of aromatic nitrogens is 1. The molecule has 5 nitrogen and oxygen atoms in total. The molecule has 1 N–H and O–H groups in total. The van der Waals surface area contributed by atoms with E-state index in [9.17, 15) is 9.59 Å². The van der Waals surface area contributed by atoms with Crippen molar-refractivity contribution in [3.8, 4) is 11.1 Å². The zero-order valence-corrected chi connectivity index (χ0v) is 11.2. The van der Waals surface area contributed by atoms with Gasteiger partial charge in [0.05, 0.1) is 0 Å². The van der Waals surface area contributed by atoms with Crippen LogP contribution in [0.1, 0.15) is 20.8 Å². The second-order valence-corrected chi connectivity index (χ2v) is 4.51. The number of amides is 1. The van der Waals surface area contributed by atoms with Crippen molar-refractivity contribution < 1.29 is 14.7 Å². The quantitative estimate of drug-likeness (QED) is 0.927. The van der Waals surface area contributed by atoms with E-state index in [4.69, 9.17) is 5.11 Å². The van der Waals surface area contributed by atoms with E-state index < -0.39 is 5.97 Å². The van der Waals surface area contributed by atoms with E-state index in [1.165, 1.54) is 17.2 Å². The van der Waals surface area contributed by atoms with Gasteiger partial charge in [0.15, 0.2) is 0 Å². The van der Waals surface area contributed by atoms with E-state index in [-0.39, 0.29) is 11.6 Å². The van der Waals surface area contributed by atoms with Gasteiger partial charge in [-0.1, -0.05) is 18.2 Å². The van der Waals surface area contributed by atoms with Gasteiger partial charge in [-0.3, -0.25) is 4.79 Å². The van der Waals surface area contributed by atoms with Gasteiger partial charge in [-0.2, -0.15) is 0 Å². The third-order valence-electron chi connectivity index (χ3n) is 2.85. The average Bonchev–Trinajstić information content (AvgIpc) is 2.46. The molecular formula is C15H14N2O3. The summed E-state index contributed by atoms with van der Waals surface area (Å²) < 4.78 is 0. The van der Waals surface area contributed by atoms with E-state index in [1.54, 1.807) is 32.3 Å². The van der Waals surface area contributed by atoms with Crippen LogP contribution >= 0.6 is 0 Å². The summed E-state index contributed by atoms with van der Waals surface area (Å²) in [6.07, 6.45) is 1.51. The number of hydrogen-bond acceptors (Lipinski definition) is 3. The highest BCUT2D eigenvalue weighted by Crippen LogP contribution is 2.19. The van der Waals surface area contributed by atoms with Gasteiger partial charge in [0, 0.05) is 31.4 Å². The number of carboxylic acid groups (broad SMARTS) is 1. The van der Waals surface area contributed by atoms with Crippen molar-refractivity contribution in [3.63, 3.8) is 0 Å². The van der Waals surface area contributed by atoms with Crippen LogP contribution in [0.2, 0.25) is 0 Å². The molecule has 0 aliphatic carbocycles. The SMILES string of the molecule is CN(C)C(=O)c1ccc(-c2ccc(C(=O)O)nc2)cc1. The lowest BCUT2D eigenvalue weighted by Crippen LogP contribution is -2.21. The molecule has 1 heterocycles. The molecule has 0 spiro atoms. The molecule has 0 aliphatic heterocycles. The molecule has 0 atom stereocenters. The van der Waals surface area contributed by atoms with Crippen LogP contribution in [-0.4, -0.2) is 41.0 Å². The van der Waals surface area contributed by atoms with E-state index in [0.717, 1.165) is 11.1 Å². The van der Waals surface area contributed by atoms with Gasteiger partial charge in [-0.25, -0.2) is 9.78 Å². The number of carbonyl (C=O) groups excluding carboxylic acids is 1. The average molecular weight is 270 g/mol. The second-order valence-electron chi connectivity index (χ2n) is 4.51. The van der Waals surface area contributed by atoms with Crippen molar-refractivity contribution in [2.75, 3.05) is 14.1 Å². The summed E-state index contributed by atoms with van der Waals surface area (Å²) >= 11 is 0. The number of rotatable bonds is 3. The molecular weight excluding hydrogens is 256 g/mol. The van der Waals surface area contributed by atoms with E-state index in [0.29, 0.717) is 5.56 Å². The lowest BCUT2D eigenvalue weighted by Gasteiger charge is -2.10. The summed E-state index contributed by atoms with van der Waals surface area (Å²) in [5.74, 6) is -1.11. The predicted molar refractivity (Wildman–Crippen MR) is 74.6 cm³/mol. The molecule has 0 saturated carbocycles. The van der Waals surface area contributed by atoms with Crippen molar-refractivity contribution in [3.05, 3.63) is 53.9 Å². The van der Waals surface area contributed by atoms with Crippen LogP contribution in [0.3, 0.4) is 0 Å². The molecule has 0 aliphatic rings. The monoisotopic (exact) mass is 270 g/mol. The first kappa shape index (κ1) is 13.7. The third kappa shape index (κ3) is 2.83. The first-order valence-electron chi connectivity index (χ1n) is 6.00. The van der Waals surface area contributed by atoms with Crippen LogP contribution in [0.4, 0.5) is 0 Å². The predicted octanol–water partition coefficient (Wildman–Crippen LogP) is 2.15. The molecule has 1 amide bonds. The van der Waals surface area contributed by atoms with Crippen molar-refractivity contribution in [2.45, 2.75) is 0 Å². The molecule has 0 bridgehead atoms. The molecule has 1 aromatic carbocycles. The Kier molecular flexibility index (Phi) is 3.79. The zero-order chi connectivity index (χ0) is 14.7. The Balaban J connectivity index is 2.26. The number of benzene rings is 1. The molecule has 2 aromatic rings. The maximum atomic E-state index is 11.8. The van der Waals surface area contributed by atoms with Crippen LogP contribution < -0.4 is 0 Å². The summed E-state index contributed by atoms with van der Waals surface area (Å²) in [4.78, 5) is 27.9. The number of aromatic carboxylic acids is 1. The molecule has 0 fully saturated rings. The van der Waals surface area contributed by atoms with E-state index in [1.807, 2.05) is 12.1 Å². The summed E-state index contributed by atoms with van der Waals surface area (Å²) in [6.45, 7) is 0. The van der Waals surface area contributed by atoms with Crippen LogP contribution in [0, 0.1) is 0 Å². The summed E-state index contributed by atoms with van der Waals surface area (Å²) in [5.41, 5.74) is 2.30. The van der Waals surface area contributed by atoms with Gasteiger partial charge >= 0.3 is 5.97 Å². The Hall–Kier alpha value is -2.69. The highest BCUT2D eigenvalue weighted by atomic mass is 16.4. The number of carbonyl (C=O) groups is 2. The maximum absolute atomic E-state index is 11.8. The topological polar surface area (TPSA) is 70.5 Å². The highest BCUT2D eigenvalue weighted by molar-refractivity contribution is 5.94. The van der Waals surface area contributed by atoms with Gasteiger partial charge in [-0.15, -0.1) is 0 Å². The molecule has 1 aromatic heterocycles. The molecule has 0 saturated heterocycles. The Morgan fingerprint density at radius 2 is 1.60 bits per heavy atom. The Labute approximate surface area is 116 Å². The summed E-state index contributed by atoms with van der Waals surface area (Å²) in [6, 6.07) is 10.3. The van der Waals surface area contributed by atoms with Gasteiger partial charge in [0.25, 0.3) is 5.91 Å². The highest BCUT2D eigenvalue weighted by Gasteiger charge is 2.08. The lowest BCUT2D eigenvalue weighted by atomic mass is 10.0.